The fourth-order valence-electron chi connectivity index (χ4n) is 3.43. The molecule has 4 rings (SSSR count). The van der Waals surface area contributed by atoms with Crippen LogP contribution in [0.15, 0.2) is 65.1 Å². The number of benzene rings is 2. The van der Waals surface area contributed by atoms with Gasteiger partial charge in [0.1, 0.15) is 17.4 Å². The van der Waals surface area contributed by atoms with Crippen LogP contribution < -0.4 is 0 Å². The van der Waals surface area contributed by atoms with Gasteiger partial charge >= 0.3 is 5.97 Å². The number of methoxy groups -OCH3 is 1. The molecule has 1 unspecified atom stereocenters. The fourth-order valence-corrected chi connectivity index (χ4v) is 3.43. The quantitative estimate of drug-likeness (QED) is 0.529. The third-order valence-corrected chi connectivity index (χ3v) is 4.84. The summed E-state index contributed by atoms with van der Waals surface area (Å²) in [5, 5.41) is 0.976. The number of hydrogen-bond donors (Lipinski definition) is 0. The topological polar surface area (TPSA) is 59.8 Å². The van der Waals surface area contributed by atoms with E-state index in [1.807, 2.05) is 54.6 Å². The van der Waals surface area contributed by atoms with Crippen LogP contribution in [-0.4, -0.2) is 29.9 Å². The van der Waals surface area contributed by atoms with E-state index in [4.69, 9.17) is 9.15 Å². The largest absolute Gasteiger partial charge is 0.467 e. The first-order valence-electron chi connectivity index (χ1n) is 8.77. The maximum absolute atomic E-state index is 12.8. The normalized spacial score (nSPS) is 16.5. The van der Waals surface area contributed by atoms with E-state index >= 15 is 0 Å². The second-order valence-corrected chi connectivity index (χ2v) is 6.50. The zero-order valence-electron chi connectivity index (χ0n) is 14.9. The average molecular weight is 361 g/mol. The number of rotatable bonds is 3. The van der Waals surface area contributed by atoms with Crippen molar-refractivity contribution >= 4 is 28.9 Å². The van der Waals surface area contributed by atoms with Crippen molar-refractivity contribution in [2.75, 3.05) is 7.11 Å². The summed E-state index contributed by atoms with van der Waals surface area (Å²) in [6.45, 7) is 0.374. The molecule has 1 amide bonds. The van der Waals surface area contributed by atoms with E-state index < -0.39 is 12.0 Å². The van der Waals surface area contributed by atoms with Gasteiger partial charge in [-0.25, -0.2) is 4.79 Å². The summed E-state index contributed by atoms with van der Waals surface area (Å²) in [6, 6.07) is 16.7. The maximum atomic E-state index is 12.8. The van der Waals surface area contributed by atoms with Gasteiger partial charge in [0, 0.05) is 24.4 Å². The molecule has 1 aromatic heterocycles. The Morgan fingerprint density at radius 1 is 1.11 bits per heavy atom. The number of nitrogens with zero attached hydrogens (tertiary/aromatic N) is 1. The molecule has 2 heterocycles. The fraction of sp³-hybridized carbons (Fsp3) is 0.182. The van der Waals surface area contributed by atoms with Crippen molar-refractivity contribution in [2.45, 2.75) is 19.0 Å². The van der Waals surface area contributed by atoms with E-state index in [9.17, 15) is 9.59 Å². The van der Waals surface area contributed by atoms with E-state index in [1.54, 1.807) is 11.0 Å². The van der Waals surface area contributed by atoms with Gasteiger partial charge in [0.2, 0.25) is 5.91 Å². The Bertz CT molecular complexity index is 1000. The van der Waals surface area contributed by atoms with E-state index in [2.05, 4.69) is 0 Å². The van der Waals surface area contributed by atoms with Gasteiger partial charge in [0.25, 0.3) is 0 Å². The zero-order chi connectivity index (χ0) is 18.8. The van der Waals surface area contributed by atoms with Crippen molar-refractivity contribution < 1.29 is 18.7 Å². The second-order valence-electron chi connectivity index (χ2n) is 6.50. The smallest absolute Gasteiger partial charge is 0.328 e. The van der Waals surface area contributed by atoms with E-state index in [-0.39, 0.29) is 5.91 Å². The second kappa shape index (κ2) is 7.11. The molecule has 1 atom stereocenters. The van der Waals surface area contributed by atoms with Crippen LogP contribution in [0.2, 0.25) is 0 Å². The molecule has 1 aliphatic heterocycles. The van der Waals surface area contributed by atoms with Gasteiger partial charge in [-0.3, -0.25) is 4.79 Å². The monoisotopic (exact) mass is 361 g/mol. The predicted octanol–water partition coefficient (Wildman–Crippen LogP) is 3.57. The highest BCUT2D eigenvalue weighted by atomic mass is 16.5. The number of furan rings is 1. The molecular weight excluding hydrogens is 342 g/mol. The van der Waals surface area contributed by atoms with Crippen LogP contribution in [0.25, 0.3) is 17.0 Å². The molecule has 5 heteroatoms. The molecule has 2 aromatic carbocycles. The maximum Gasteiger partial charge on any atom is 0.328 e. The van der Waals surface area contributed by atoms with Gasteiger partial charge < -0.3 is 14.1 Å². The molecule has 0 saturated carbocycles. The summed E-state index contributed by atoms with van der Waals surface area (Å²) in [4.78, 5) is 26.6. The van der Waals surface area contributed by atoms with Gasteiger partial charge in [0.05, 0.1) is 7.11 Å². The first kappa shape index (κ1) is 17.1. The van der Waals surface area contributed by atoms with Crippen LogP contribution in [0.4, 0.5) is 0 Å². The van der Waals surface area contributed by atoms with E-state index in [0.717, 1.165) is 22.1 Å². The van der Waals surface area contributed by atoms with Crippen molar-refractivity contribution in [2.24, 2.45) is 0 Å². The average Bonchev–Trinajstić information content (AvgIpc) is 3.13. The molecule has 0 aliphatic carbocycles. The summed E-state index contributed by atoms with van der Waals surface area (Å²) in [5.74, 6) is -0.0630. The summed E-state index contributed by atoms with van der Waals surface area (Å²) in [7, 11) is 1.34. The Morgan fingerprint density at radius 2 is 1.85 bits per heavy atom. The van der Waals surface area contributed by atoms with Crippen LogP contribution >= 0.6 is 0 Å². The Morgan fingerprint density at radius 3 is 2.63 bits per heavy atom. The van der Waals surface area contributed by atoms with Crippen molar-refractivity contribution in [3.05, 3.63) is 77.6 Å². The van der Waals surface area contributed by atoms with Crippen molar-refractivity contribution in [1.29, 1.82) is 0 Å². The lowest BCUT2D eigenvalue weighted by Gasteiger charge is -2.34. The number of carbonyl (C=O) groups excluding carboxylic acids is 2. The van der Waals surface area contributed by atoms with Gasteiger partial charge in [-0.1, -0.05) is 42.5 Å². The van der Waals surface area contributed by atoms with Crippen LogP contribution in [-0.2, 0) is 27.3 Å². The number of para-hydroxylation sites is 1. The van der Waals surface area contributed by atoms with Crippen molar-refractivity contribution in [1.82, 2.24) is 4.90 Å². The lowest BCUT2D eigenvalue weighted by Crippen LogP contribution is -2.48. The molecule has 0 bridgehead atoms. The zero-order valence-corrected chi connectivity index (χ0v) is 14.9. The molecule has 0 spiro atoms. The number of amides is 1. The molecular formula is C22H19NO4. The Hall–Kier alpha value is -3.34. The molecule has 0 N–H and O–H groups in total. The van der Waals surface area contributed by atoms with Crippen LogP contribution in [0.3, 0.4) is 0 Å². The van der Waals surface area contributed by atoms with Crippen molar-refractivity contribution in [3.8, 4) is 0 Å². The number of ether oxygens (including phenoxy) is 1. The predicted molar refractivity (Wildman–Crippen MR) is 102 cm³/mol. The minimum atomic E-state index is -0.627. The van der Waals surface area contributed by atoms with E-state index in [0.29, 0.717) is 18.7 Å². The van der Waals surface area contributed by atoms with Gasteiger partial charge in [0.15, 0.2) is 0 Å². The third kappa shape index (κ3) is 3.36. The minimum absolute atomic E-state index is 0.250. The van der Waals surface area contributed by atoms with Crippen LogP contribution in [0, 0.1) is 0 Å². The first-order chi connectivity index (χ1) is 13.2. The summed E-state index contributed by atoms with van der Waals surface area (Å²) >= 11 is 0. The SMILES string of the molecule is COC(=O)C1Cc2ccccc2CN1C(=O)C=Cc1cc2ccccc2o1. The molecule has 136 valence electrons. The Balaban J connectivity index is 1.59. The molecule has 27 heavy (non-hydrogen) atoms. The molecule has 1 aliphatic rings. The lowest BCUT2D eigenvalue weighted by atomic mass is 9.94. The first-order valence-corrected chi connectivity index (χ1v) is 8.77. The number of hydrogen-bond acceptors (Lipinski definition) is 4. The summed E-state index contributed by atoms with van der Waals surface area (Å²) in [6.07, 6.45) is 3.53. The highest BCUT2D eigenvalue weighted by molar-refractivity contribution is 5.95. The highest BCUT2D eigenvalue weighted by Crippen LogP contribution is 2.25. The molecule has 0 saturated heterocycles. The molecule has 0 radical (unpaired) electrons. The Kier molecular flexibility index (Phi) is 4.50. The van der Waals surface area contributed by atoms with E-state index in [1.165, 1.54) is 13.2 Å². The molecule has 3 aromatic rings. The number of carbonyl (C=O) groups is 2. The van der Waals surface area contributed by atoms with Crippen LogP contribution in [0.1, 0.15) is 16.9 Å². The number of fused-ring (bicyclic) bond motifs is 2. The standard InChI is InChI=1S/C22H19NO4/c1-26-22(25)19-13-15-6-2-3-8-17(15)14-23(19)21(24)11-10-18-12-16-7-4-5-9-20(16)27-18/h2-12,19H,13-14H2,1H3. The highest BCUT2D eigenvalue weighted by Gasteiger charge is 2.34. The van der Waals surface area contributed by atoms with Gasteiger partial charge in [-0.15, -0.1) is 0 Å². The summed E-state index contributed by atoms with van der Waals surface area (Å²) < 4.78 is 10.6. The van der Waals surface area contributed by atoms with Gasteiger partial charge in [-0.05, 0) is 29.3 Å². The Labute approximate surface area is 156 Å². The van der Waals surface area contributed by atoms with Crippen LogP contribution in [0.5, 0.6) is 0 Å². The summed E-state index contributed by atoms with van der Waals surface area (Å²) in [5.41, 5.74) is 2.88. The van der Waals surface area contributed by atoms with Gasteiger partial charge in [-0.2, -0.15) is 0 Å². The lowest BCUT2D eigenvalue weighted by molar-refractivity contribution is -0.152. The number of esters is 1. The van der Waals surface area contributed by atoms with Crippen molar-refractivity contribution in [3.63, 3.8) is 0 Å². The molecule has 0 fully saturated rings. The molecule has 5 nitrogen and oxygen atoms in total. The minimum Gasteiger partial charge on any atom is -0.467 e. The third-order valence-electron chi connectivity index (χ3n) is 4.84.